The van der Waals surface area contributed by atoms with Crippen molar-refractivity contribution in [1.29, 1.82) is 0 Å². The Morgan fingerprint density at radius 2 is 1.83 bits per heavy atom. The molecule has 1 aromatic heterocycles. The van der Waals surface area contributed by atoms with Crippen LogP contribution in [0.3, 0.4) is 0 Å². The first kappa shape index (κ1) is 21.5. The van der Waals surface area contributed by atoms with Crippen LogP contribution in [0.25, 0.3) is 0 Å². The van der Waals surface area contributed by atoms with Crippen LogP contribution >= 0.6 is 0 Å². The number of hydrogen-bond acceptors (Lipinski definition) is 5. The third-order valence-electron chi connectivity index (χ3n) is 4.06. The lowest BCUT2D eigenvalue weighted by Crippen LogP contribution is -2.36. The Labute approximate surface area is 167 Å². The van der Waals surface area contributed by atoms with E-state index < -0.39 is 18.5 Å². The summed E-state index contributed by atoms with van der Waals surface area (Å²) < 4.78 is 80.5. The van der Waals surface area contributed by atoms with Gasteiger partial charge in [-0.1, -0.05) is 0 Å². The summed E-state index contributed by atoms with van der Waals surface area (Å²) in [6.45, 7) is -3.31. The van der Waals surface area contributed by atoms with Gasteiger partial charge in [0, 0.05) is 50.6 Å². The molecule has 30 heavy (non-hydrogen) atoms. The number of ether oxygens (including phenoxy) is 3. The molecule has 0 radical (unpaired) electrons. The van der Waals surface area contributed by atoms with Gasteiger partial charge in [0.15, 0.2) is 23.2 Å². The molecule has 0 aliphatic carbocycles. The second kappa shape index (κ2) is 8.63. The summed E-state index contributed by atoms with van der Waals surface area (Å²) in [6.07, 6.45) is -3.35. The predicted octanol–water partition coefficient (Wildman–Crippen LogP) is 2.63. The van der Waals surface area contributed by atoms with Gasteiger partial charge >= 0.3 is 12.8 Å². The first-order valence-electron chi connectivity index (χ1n) is 8.59. The van der Waals surface area contributed by atoms with E-state index in [9.17, 15) is 22.0 Å². The van der Waals surface area contributed by atoms with Crippen molar-refractivity contribution in [3.05, 3.63) is 35.2 Å². The average molecular weight is 435 g/mol. The van der Waals surface area contributed by atoms with Crippen molar-refractivity contribution >= 4 is 5.96 Å². The first-order valence-corrected chi connectivity index (χ1v) is 8.59. The van der Waals surface area contributed by atoms with Crippen LogP contribution in [0.4, 0.5) is 22.0 Å². The van der Waals surface area contributed by atoms with E-state index in [1.807, 2.05) is 0 Å². The van der Waals surface area contributed by atoms with Crippen LogP contribution in [-0.4, -0.2) is 36.2 Å². The smallest absolute Gasteiger partial charge is 0.435 e. The standard InChI is InChI=1S/C17H18F5N5O3/c1-23-16(25-6-10-7-27(2)26-14(10)17(20,21)22)24-5-9-3-12-13(29-8-28-12)4-11(9)30-15(18)19/h3-4,7,15H,5-6,8H2,1-2H3,(H2,23,24,25). The number of guanidine groups is 1. The van der Waals surface area contributed by atoms with Crippen molar-refractivity contribution in [3.8, 4) is 17.2 Å². The topological polar surface area (TPSA) is 81.9 Å². The summed E-state index contributed by atoms with van der Waals surface area (Å²) in [6, 6.07) is 2.76. The number of hydrogen-bond donors (Lipinski definition) is 2. The number of aryl methyl sites for hydroxylation is 1. The van der Waals surface area contributed by atoms with Gasteiger partial charge in [-0.2, -0.15) is 27.1 Å². The summed E-state index contributed by atoms with van der Waals surface area (Å²) >= 11 is 0. The molecule has 0 saturated heterocycles. The summed E-state index contributed by atoms with van der Waals surface area (Å²) in [5.41, 5.74) is -0.756. The lowest BCUT2D eigenvalue weighted by atomic mass is 10.1. The van der Waals surface area contributed by atoms with E-state index in [0.29, 0.717) is 11.3 Å². The zero-order chi connectivity index (χ0) is 21.9. The van der Waals surface area contributed by atoms with Crippen molar-refractivity contribution in [1.82, 2.24) is 20.4 Å². The minimum absolute atomic E-state index is 0.0163. The van der Waals surface area contributed by atoms with E-state index in [-0.39, 0.29) is 42.9 Å². The molecule has 0 spiro atoms. The largest absolute Gasteiger partial charge is 0.454 e. The number of aliphatic imine (C=N–C) groups is 1. The minimum Gasteiger partial charge on any atom is -0.454 e. The van der Waals surface area contributed by atoms with Gasteiger partial charge in [0.2, 0.25) is 6.79 Å². The molecule has 0 bridgehead atoms. The number of benzene rings is 1. The van der Waals surface area contributed by atoms with Gasteiger partial charge in [0.25, 0.3) is 0 Å². The fourth-order valence-corrected chi connectivity index (χ4v) is 2.79. The molecule has 2 aromatic rings. The van der Waals surface area contributed by atoms with Gasteiger partial charge in [-0.25, -0.2) is 0 Å². The number of aromatic nitrogens is 2. The van der Waals surface area contributed by atoms with Crippen LogP contribution in [-0.2, 0) is 26.3 Å². The number of fused-ring (bicyclic) bond motifs is 1. The average Bonchev–Trinajstić information content (AvgIpc) is 3.26. The Balaban J connectivity index is 1.68. The SMILES string of the molecule is CN=C(NCc1cc2c(cc1OC(F)F)OCO2)NCc1cn(C)nc1C(F)(F)F. The van der Waals surface area contributed by atoms with Crippen LogP contribution in [0.1, 0.15) is 16.8 Å². The normalized spacial score (nSPS) is 13.7. The fraction of sp³-hybridized carbons (Fsp3) is 0.412. The van der Waals surface area contributed by atoms with Crippen molar-refractivity contribution in [3.63, 3.8) is 0 Å². The fourth-order valence-electron chi connectivity index (χ4n) is 2.79. The Hall–Kier alpha value is -3.25. The second-order valence-corrected chi connectivity index (χ2v) is 6.15. The van der Waals surface area contributed by atoms with Crippen LogP contribution in [0, 0.1) is 0 Å². The highest BCUT2D eigenvalue weighted by Gasteiger charge is 2.36. The maximum absolute atomic E-state index is 13.0. The number of alkyl halides is 5. The maximum Gasteiger partial charge on any atom is 0.435 e. The molecular formula is C17H18F5N5O3. The first-order chi connectivity index (χ1) is 14.2. The summed E-state index contributed by atoms with van der Waals surface area (Å²) in [4.78, 5) is 3.92. The van der Waals surface area contributed by atoms with E-state index in [1.165, 1.54) is 32.4 Å². The van der Waals surface area contributed by atoms with Gasteiger partial charge in [-0.15, -0.1) is 0 Å². The zero-order valence-electron chi connectivity index (χ0n) is 15.9. The third-order valence-corrected chi connectivity index (χ3v) is 4.06. The molecule has 8 nitrogen and oxygen atoms in total. The molecule has 0 unspecified atom stereocenters. The van der Waals surface area contributed by atoms with Crippen molar-refractivity contribution in [2.45, 2.75) is 25.9 Å². The predicted molar refractivity (Wildman–Crippen MR) is 94.4 cm³/mol. The molecule has 0 fully saturated rings. The number of halogens is 5. The molecule has 1 aromatic carbocycles. The molecule has 2 N–H and O–H groups in total. The molecule has 1 aliphatic rings. The molecule has 0 saturated carbocycles. The highest BCUT2D eigenvalue weighted by Crippen LogP contribution is 2.38. The lowest BCUT2D eigenvalue weighted by Gasteiger charge is -2.15. The molecular weight excluding hydrogens is 417 g/mol. The molecule has 3 rings (SSSR count). The number of rotatable bonds is 6. The zero-order valence-corrected chi connectivity index (χ0v) is 15.9. The van der Waals surface area contributed by atoms with Crippen LogP contribution in [0.15, 0.2) is 23.3 Å². The van der Waals surface area contributed by atoms with Crippen LogP contribution < -0.4 is 24.8 Å². The summed E-state index contributed by atoms with van der Waals surface area (Å²) in [7, 11) is 2.80. The highest BCUT2D eigenvalue weighted by atomic mass is 19.4. The van der Waals surface area contributed by atoms with E-state index in [4.69, 9.17) is 9.47 Å². The quantitative estimate of drug-likeness (QED) is 0.413. The molecule has 1 aliphatic heterocycles. The summed E-state index contributed by atoms with van der Waals surface area (Å²) in [5, 5.41) is 9.00. The van der Waals surface area contributed by atoms with Gasteiger partial charge in [0.05, 0.1) is 0 Å². The molecule has 13 heteroatoms. The Kier molecular flexibility index (Phi) is 6.17. The summed E-state index contributed by atoms with van der Waals surface area (Å²) in [5.74, 6) is 0.658. The highest BCUT2D eigenvalue weighted by molar-refractivity contribution is 5.79. The molecule has 2 heterocycles. The van der Waals surface area contributed by atoms with Crippen LogP contribution in [0.2, 0.25) is 0 Å². The Morgan fingerprint density at radius 3 is 2.43 bits per heavy atom. The Morgan fingerprint density at radius 1 is 1.20 bits per heavy atom. The third kappa shape index (κ3) is 5.02. The van der Waals surface area contributed by atoms with E-state index in [0.717, 1.165) is 4.68 Å². The lowest BCUT2D eigenvalue weighted by molar-refractivity contribution is -0.142. The van der Waals surface area contributed by atoms with Gasteiger partial charge in [-0.05, 0) is 6.07 Å². The second-order valence-electron chi connectivity index (χ2n) is 6.15. The van der Waals surface area contributed by atoms with Gasteiger partial charge in [0.1, 0.15) is 5.75 Å². The van der Waals surface area contributed by atoms with E-state index >= 15 is 0 Å². The molecule has 0 amide bonds. The molecule has 164 valence electrons. The van der Waals surface area contributed by atoms with Crippen molar-refractivity contribution in [2.75, 3.05) is 13.8 Å². The van der Waals surface area contributed by atoms with Gasteiger partial charge < -0.3 is 24.8 Å². The van der Waals surface area contributed by atoms with Crippen molar-refractivity contribution in [2.24, 2.45) is 12.0 Å². The Bertz CT molecular complexity index is 929. The van der Waals surface area contributed by atoms with E-state index in [2.05, 4.69) is 25.5 Å². The van der Waals surface area contributed by atoms with Crippen molar-refractivity contribution < 1.29 is 36.2 Å². The molecule has 0 atom stereocenters. The van der Waals surface area contributed by atoms with Crippen LogP contribution in [0.5, 0.6) is 17.2 Å². The van der Waals surface area contributed by atoms with E-state index in [1.54, 1.807) is 0 Å². The van der Waals surface area contributed by atoms with Gasteiger partial charge in [-0.3, -0.25) is 9.67 Å². The maximum atomic E-state index is 13.0. The number of nitrogens with zero attached hydrogens (tertiary/aromatic N) is 3. The monoisotopic (exact) mass is 435 g/mol. The minimum atomic E-state index is -4.59. The number of nitrogens with one attached hydrogen (secondary N) is 2.